The molecule has 0 radical (unpaired) electrons. The number of nitrogens with one attached hydrogen (secondary N) is 1. The molecule has 0 spiro atoms. The van der Waals surface area contributed by atoms with Gasteiger partial charge in [-0.2, -0.15) is 0 Å². The Morgan fingerprint density at radius 2 is 2.00 bits per heavy atom. The average molecular weight is 368 g/mol. The largest absolute Gasteiger partial charge is 0.390 e. The van der Waals surface area contributed by atoms with Crippen LogP contribution in [0.25, 0.3) is 0 Å². The lowest BCUT2D eigenvalue weighted by molar-refractivity contribution is -0.138. The van der Waals surface area contributed by atoms with Crippen LogP contribution in [0.2, 0.25) is 0 Å². The van der Waals surface area contributed by atoms with E-state index in [1.165, 1.54) is 7.05 Å². The van der Waals surface area contributed by atoms with Gasteiger partial charge in [-0.3, -0.25) is 4.79 Å². The Kier molecular flexibility index (Phi) is 6.24. The quantitative estimate of drug-likeness (QED) is 0.797. The molecule has 0 saturated carbocycles. The van der Waals surface area contributed by atoms with Crippen molar-refractivity contribution in [2.24, 2.45) is 5.92 Å². The molecule has 2 N–H and O–H groups in total. The molecule has 1 saturated heterocycles. The van der Waals surface area contributed by atoms with E-state index in [9.17, 15) is 18.3 Å². The molecule has 1 amide bonds. The summed E-state index contributed by atoms with van der Waals surface area (Å²) < 4.78 is 25.7. The second-order valence-electron chi connectivity index (χ2n) is 6.90. The fourth-order valence-corrected chi connectivity index (χ4v) is 4.01. The molecule has 2 atom stereocenters. The third-order valence-electron chi connectivity index (χ3n) is 5.18. The van der Waals surface area contributed by atoms with Gasteiger partial charge in [-0.1, -0.05) is 19.1 Å². The van der Waals surface area contributed by atoms with Crippen LogP contribution in [-0.4, -0.2) is 50.1 Å². The van der Waals surface area contributed by atoms with E-state index in [1.807, 2.05) is 18.7 Å². The topological polar surface area (TPSA) is 86.7 Å². The maximum Gasteiger partial charge on any atom is 0.240 e. The second kappa shape index (κ2) is 7.85. The van der Waals surface area contributed by atoms with Crippen molar-refractivity contribution in [3.05, 3.63) is 29.8 Å². The number of likely N-dealkylation sites (tertiary alicyclic amines) is 1. The molecule has 6 nitrogen and oxygen atoms in total. The van der Waals surface area contributed by atoms with Crippen LogP contribution in [0.1, 0.15) is 38.7 Å². The summed E-state index contributed by atoms with van der Waals surface area (Å²) in [7, 11) is -2.06. The highest BCUT2D eigenvalue weighted by atomic mass is 32.2. The Bertz CT molecular complexity index is 698. The van der Waals surface area contributed by atoms with Gasteiger partial charge in [0.05, 0.1) is 10.5 Å². The summed E-state index contributed by atoms with van der Waals surface area (Å²) in [6, 6.07) is 6.59. The average Bonchev–Trinajstić information content (AvgIpc) is 2.59. The molecule has 1 aromatic rings. The second-order valence-corrected chi connectivity index (χ2v) is 8.79. The van der Waals surface area contributed by atoms with Gasteiger partial charge in [-0.15, -0.1) is 0 Å². The predicted octanol–water partition coefficient (Wildman–Crippen LogP) is 1.54. The van der Waals surface area contributed by atoms with Gasteiger partial charge in [0, 0.05) is 25.4 Å². The highest BCUT2D eigenvalue weighted by Crippen LogP contribution is 2.30. The van der Waals surface area contributed by atoms with E-state index in [0.29, 0.717) is 32.4 Å². The number of sulfonamides is 1. The normalized spacial score (nSPS) is 24.3. The number of piperidine rings is 1. The van der Waals surface area contributed by atoms with Crippen LogP contribution in [0.3, 0.4) is 0 Å². The summed E-state index contributed by atoms with van der Waals surface area (Å²) >= 11 is 0. The highest BCUT2D eigenvalue weighted by Gasteiger charge is 2.37. The van der Waals surface area contributed by atoms with Crippen molar-refractivity contribution in [1.82, 2.24) is 9.62 Å². The Morgan fingerprint density at radius 1 is 1.36 bits per heavy atom. The van der Waals surface area contributed by atoms with Crippen LogP contribution in [0.5, 0.6) is 0 Å². The van der Waals surface area contributed by atoms with Gasteiger partial charge in [-0.05, 0) is 50.9 Å². The Morgan fingerprint density at radius 3 is 2.56 bits per heavy atom. The number of carbonyl (C=O) groups excluding carboxylic acids is 1. The Hall–Kier alpha value is -1.44. The molecule has 1 aliphatic rings. The molecule has 1 aliphatic heterocycles. The van der Waals surface area contributed by atoms with Crippen molar-refractivity contribution in [3.63, 3.8) is 0 Å². The van der Waals surface area contributed by atoms with E-state index in [0.717, 1.165) is 12.0 Å². The highest BCUT2D eigenvalue weighted by molar-refractivity contribution is 7.89. The first-order chi connectivity index (χ1) is 11.7. The monoisotopic (exact) mass is 368 g/mol. The minimum absolute atomic E-state index is 0.0841. The van der Waals surface area contributed by atoms with E-state index >= 15 is 0 Å². The van der Waals surface area contributed by atoms with Gasteiger partial charge >= 0.3 is 0 Å². The lowest BCUT2D eigenvalue weighted by Crippen LogP contribution is -2.51. The van der Waals surface area contributed by atoms with Gasteiger partial charge in [-0.25, -0.2) is 13.1 Å². The molecule has 0 aliphatic carbocycles. The van der Waals surface area contributed by atoms with Crippen LogP contribution >= 0.6 is 0 Å². The molecular weight excluding hydrogens is 340 g/mol. The predicted molar refractivity (Wildman–Crippen MR) is 96.6 cm³/mol. The number of benzene rings is 1. The number of rotatable bonds is 6. The van der Waals surface area contributed by atoms with Crippen molar-refractivity contribution in [2.75, 3.05) is 20.1 Å². The molecule has 0 unspecified atom stereocenters. The summed E-state index contributed by atoms with van der Waals surface area (Å²) in [5, 5.41) is 10.4. The molecule has 140 valence electrons. The zero-order chi connectivity index (χ0) is 18.7. The number of amides is 1. The molecule has 1 heterocycles. The number of aliphatic hydroxyl groups is 1. The first-order valence-electron chi connectivity index (χ1n) is 8.72. The molecule has 2 rings (SSSR count). The maximum atomic E-state index is 12.5. The van der Waals surface area contributed by atoms with E-state index in [-0.39, 0.29) is 16.7 Å². The lowest BCUT2D eigenvalue weighted by atomic mass is 9.81. The maximum absolute atomic E-state index is 12.5. The number of nitrogens with zero attached hydrogens (tertiary/aromatic N) is 1. The van der Waals surface area contributed by atoms with E-state index in [4.69, 9.17) is 0 Å². The standard InChI is InChI=1S/C18H28N2O4S/c1-4-15-13-20(12-11-18(15,2)22)17(21)10-7-14-5-8-16(9-6-14)25(23,24)19-3/h5-6,8-9,15,19,22H,4,7,10-13H2,1-3H3/t15-,18+/m1/s1. The minimum Gasteiger partial charge on any atom is -0.390 e. The fourth-order valence-electron chi connectivity index (χ4n) is 3.28. The summed E-state index contributed by atoms with van der Waals surface area (Å²) in [6.45, 7) is 5.07. The van der Waals surface area contributed by atoms with Crippen molar-refractivity contribution >= 4 is 15.9 Å². The van der Waals surface area contributed by atoms with Gasteiger partial charge in [0.15, 0.2) is 0 Å². The van der Waals surface area contributed by atoms with Gasteiger partial charge in [0.1, 0.15) is 0 Å². The third kappa shape index (κ3) is 4.80. The first kappa shape index (κ1) is 19.9. The Balaban J connectivity index is 1.92. The third-order valence-corrected chi connectivity index (χ3v) is 6.61. The van der Waals surface area contributed by atoms with Crippen molar-refractivity contribution in [1.29, 1.82) is 0 Å². The van der Waals surface area contributed by atoms with Crippen LogP contribution in [-0.2, 0) is 21.2 Å². The molecule has 1 aromatic carbocycles. The van der Waals surface area contributed by atoms with Gasteiger partial charge in [0.25, 0.3) is 0 Å². The number of carbonyl (C=O) groups is 1. The van der Waals surface area contributed by atoms with E-state index < -0.39 is 15.6 Å². The lowest BCUT2D eigenvalue weighted by Gasteiger charge is -2.42. The van der Waals surface area contributed by atoms with Gasteiger partial charge < -0.3 is 10.0 Å². The van der Waals surface area contributed by atoms with E-state index in [1.54, 1.807) is 24.3 Å². The minimum atomic E-state index is -3.43. The molecule has 7 heteroatoms. The van der Waals surface area contributed by atoms with E-state index in [2.05, 4.69) is 4.72 Å². The van der Waals surface area contributed by atoms with Crippen LogP contribution < -0.4 is 4.72 Å². The number of aryl methyl sites for hydroxylation is 1. The zero-order valence-corrected chi connectivity index (χ0v) is 16.0. The number of hydrogen-bond donors (Lipinski definition) is 2. The van der Waals surface area contributed by atoms with Crippen molar-refractivity contribution in [2.45, 2.75) is 50.0 Å². The van der Waals surface area contributed by atoms with Crippen LogP contribution in [0, 0.1) is 5.92 Å². The van der Waals surface area contributed by atoms with Crippen LogP contribution in [0.15, 0.2) is 29.2 Å². The summed E-state index contributed by atoms with van der Waals surface area (Å²) in [6.07, 6.45) is 2.41. The SMILES string of the molecule is CC[C@@H]1CN(C(=O)CCc2ccc(S(=O)(=O)NC)cc2)CC[C@]1(C)O. The van der Waals surface area contributed by atoms with Crippen molar-refractivity contribution < 1.29 is 18.3 Å². The zero-order valence-electron chi connectivity index (χ0n) is 15.2. The molecule has 1 fully saturated rings. The fraction of sp³-hybridized carbons (Fsp3) is 0.611. The molecule has 0 aromatic heterocycles. The smallest absolute Gasteiger partial charge is 0.240 e. The van der Waals surface area contributed by atoms with Crippen LogP contribution in [0.4, 0.5) is 0 Å². The Labute approximate surface area is 150 Å². The summed E-state index contributed by atoms with van der Waals surface area (Å²) in [5.41, 5.74) is 0.236. The molecular formula is C18H28N2O4S. The first-order valence-corrected chi connectivity index (χ1v) is 10.2. The number of hydrogen-bond acceptors (Lipinski definition) is 4. The summed E-state index contributed by atoms with van der Waals surface area (Å²) in [5.74, 6) is 0.192. The molecule has 0 bridgehead atoms. The van der Waals surface area contributed by atoms with Crippen molar-refractivity contribution in [3.8, 4) is 0 Å². The van der Waals surface area contributed by atoms with Gasteiger partial charge in [0.2, 0.25) is 15.9 Å². The summed E-state index contributed by atoms with van der Waals surface area (Å²) in [4.78, 5) is 14.5. The molecule has 25 heavy (non-hydrogen) atoms.